The molecule has 4 fully saturated rings. The minimum atomic E-state index is -4.83. The zero-order valence-corrected chi connectivity index (χ0v) is 81.7. The zero-order chi connectivity index (χ0) is 98.0. The van der Waals surface area contributed by atoms with Crippen molar-refractivity contribution >= 4 is 40.3 Å². The molecule has 12 aromatic rings. The molecule has 4 aliphatic rings. The van der Waals surface area contributed by atoms with Crippen molar-refractivity contribution in [3.8, 4) is 0 Å². The van der Waals surface area contributed by atoms with Crippen LogP contribution in [0.5, 0.6) is 0 Å². The Labute approximate surface area is 825 Å². The number of aliphatic hydroxyl groups excluding tert-OH is 1. The van der Waals surface area contributed by atoms with E-state index in [4.69, 9.17) is 85.0 Å². The molecule has 30 heteroatoms. The molecule has 27 nitrogen and oxygen atoms in total. The van der Waals surface area contributed by atoms with Crippen molar-refractivity contribution in [2.75, 3.05) is 19.8 Å². The summed E-state index contributed by atoms with van der Waals surface area (Å²) >= 11 is 0. The van der Waals surface area contributed by atoms with Crippen LogP contribution in [-0.2, 0) is 158 Å². The number of rotatable bonds is 45. The van der Waals surface area contributed by atoms with Crippen LogP contribution < -0.4 is 9.44 Å². The van der Waals surface area contributed by atoms with Gasteiger partial charge in [-0.15, -0.1) is 0 Å². The molecule has 3 N–H and O–H groups in total. The van der Waals surface area contributed by atoms with E-state index in [1.165, 1.54) is 24.3 Å². The van der Waals surface area contributed by atoms with Gasteiger partial charge in [-0.25, -0.2) is 35.9 Å². The molecule has 141 heavy (non-hydrogen) atoms. The van der Waals surface area contributed by atoms with Crippen LogP contribution in [0.1, 0.15) is 86.0 Å². The number of aliphatic hydroxyl groups is 1. The van der Waals surface area contributed by atoms with E-state index in [2.05, 4.69) is 30.2 Å². The van der Waals surface area contributed by atoms with Crippen LogP contribution >= 0.6 is 0 Å². The highest BCUT2D eigenvalue weighted by Gasteiger charge is 2.61. The summed E-state index contributed by atoms with van der Waals surface area (Å²) in [6.45, 7) is 7.61. The fraction of sp³-hybridized carbons (Fsp3) is 0.333. The molecular formula is C111H120N2O25S2Si. The van der Waals surface area contributed by atoms with E-state index in [9.17, 15) is 5.11 Å². The average Bonchev–Trinajstić information content (AvgIpc) is 0.751. The summed E-state index contributed by atoms with van der Waals surface area (Å²) in [5, 5.41) is 12.0. The van der Waals surface area contributed by atoms with Gasteiger partial charge in [0.05, 0.1) is 93.6 Å². The Morgan fingerprint density at radius 2 is 0.574 bits per heavy atom. The molecule has 0 bridgehead atoms. The molecule has 16 rings (SSSR count). The molecule has 0 aromatic heterocycles. The Balaban J connectivity index is 0.879. The normalized spacial score (nSPS) is 25.0. The second-order valence-corrected chi connectivity index (χ2v) is 44.5. The zero-order valence-electron chi connectivity index (χ0n) is 79.0. The second kappa shape index (κ2) is 49.8. The molecule has 0 radical (unpaired) electrons. The summed E-state index contributed by atoms with van der Waals surface area (Å²) in [5.41, 5.74) is 5.79. The number of sulfonamides is 2. The lowest BCUT2D eigenvalue weighted by Gasteiger charge is -2.53. The Bertz CT molecular complexity index is 6030. The highest BCUT2D eigenvalue weighted by Crippen LogP contribution is 2.44. The van der Waals surface area contributed by atoms with Crippen molar-refractivity contribution in [3.05, 3.63) is 420 Å². The minimum Gasteiger partial charge on any atom is -0.450 e. The first-order chi connectivity index (χ1) is 68.6. The molecule has 0 aliphatic carbocycles. The third-order valence-corrected chi connectivity index (χ3v) is 32.7. The molecule has 0 saturated carbocycles. The predicted octanol–water partition coefficient (Wildman–Crippen LogP) is 16.7. The first-order valence-corrected chi connectivity index (χ1v) is 53.1. The SMILES string of the molecule is CC(C)(C)[Si](C)(C)O[C@@H]1OC(COCc2ccccc2)[C@H](O[C@@H]2OC(COCc3ccccc3)[C@H](O[C@@H]3OC(CO)[C@H](OCc4ccccc4)[C@H](O[C@H]4O[C@H](OCc5ccccc5)[C@@H](OC(=O)c5ccccc5)C(OCc5ccccc5)C4OC(=O)c4ccccc4)C3OCc3ccccc3)[C@H](OCc3ccccc3)C2NS(=O)(=O)c2ccccc2)[C@H](OCc2ccccc2)C1NS(=O)(=O)c1ccccc1. The number of benzene rings is 12. The Hall–Kier alpha value is -11.1. The Morgan fingerprint density at radius 3 is 0.936 bits per heavy atom. The van der Waals surface area contributed by atoms with Gasteiger partial charge in [-0.2, -0.15) is 0 Å². The van der Waals surface area contributed by atoms with Gasteiger partial charge in [-0.3, -0.25) is 0 Å². The maximum Gasteiger partial charge on any atom is 0.338 e. The first kappa shape index (κ1) is 103. The smallest absolute Gasteiger partial charge is 0.338 e. The van der Waals surface area contributed by atoms with Gasteiger partial charge < -0.3 is 90.1 Å². The monoisotopic (exact) mass is 1970 g/mol. The van der Waals surface area contributed by atoms with Gasteiger partial charge in [0.1, 0.15) is 79.2 Å². The Morgan fingerprint density at radius 1 is 0.298 bits per heavy atom. The summed E-state index contributed by atoms with van der Waals surface area (Å²) in [6.07, 6.45) is -29.0. The summed E-state index contributed by atoms with van der Waals surface area (Å²) in [6, 6.07) is 103. The number of carbonyl (C=O) groups is 2. The standard InChI is InChI=1S/C111H120N2O25S2Si/c1-111(2,3)141(4,5)138-107-93(113-140(119,120)88-64-40-17-41-65-88)98(125-71-81-50-26-10-27-51-81)95(91(131-107)76-122-68-78-44-20-7-21-45-78)134-106-92(112-139(117,118)87-62-38-16-39-63-87)97(124-70-80-48-24-9-25-49-80)96(90(130-106)75-121-67-77-42-18-6-19-43-77)135-109-101(127-73-83-54-30-12-31-55-83)100(94(89(66-114)129-109)123-69-79-46-22-8-23-47-79)136-110-103(133-105(116)86-60-36-15-37-61-86)99(126-72-82-52-28-11-29-53-82)102(132-104(115)85-58-34-14-35-59-85)108(137-110)128-74-84-56-32-13-33-57-84/h6-65,89-103,106-110,112-114H,66-76H2,1-5H3/t89?,90?,91?,92?,93?,94-,95-,96-,97+,98+,99?,100-,101?,102-,103?,106-,107-,108-,109-,110-/m0/s1. The molecule has 8 unspecified atom stereocenters. The van der Waals surface area contributed by atoms with Crippen LogP contribution in [0.25, 0.3) is 0 Å². The van der Waals surface area contributed by atoms with E-state index in [-0.39, 0.29) is 80.4 Å². The van der Waals surface area contributed by atoms with E-state index in [1.807, 2.05) is 256 Å². The summed E-state index contributed by atoms with van der Waals surface area (Å²) in [7, 11) is -12.5. The van der Waals surface area contributed by atoms with Crippen molar-refractivity contribution in [2.24, 2.45) is 0 Å². The average molecular weight is 1970 g/mol. The van der Waals surface area contributed by atoms with Crippen molar-refractivity contribution in [3.63, 3.8) is 0 Å². The van der Waals surface area contributed by atoms with Crippen molar-refractivity contribution < 1.29 is 116 Å². The van der Waals surface area contributed by atoms with Crippen LogP contribution in [0, 0.1) is 0 Å². The highest BCUT2D eigenvalue weighted by molar-refractivity contribution is 7.89. The predicted molar refractivity (Wildman–Crippen MR) is 526 cm³/mol. The number of hydrogen-bond donors (Lipinski definition) is 3. The largest absolute Gasteiger partial charge is 0.450 e. The van der Waals surface area contributed by atoms with Gasteiger partial charge in [0.2, 0.25) is 32.6 Å². The van der Waals surface area contributed by atoms with E-state index in [0.717, 1.165) is 11.1 Å². The number of ether oxygens (including phenoxy) is 17. The van der Waals surface area contributed by atoms with E-state index in [1.54, 1.807) is 97.1 Å². The molecule has 12 aromatic carbocycles. The molecular weight excluding hydrogens is 1850 g/mol. The van der Waals surface area contributed by atoms with Crippen LogP contribution in [0.4, 0.5) is 0 Å². The molecule has 4 saturated heterocycles. The number of carbonyl (C=O) groups excluding carboxylic acids is 2. The van der Waals surface area contributed by atoms with Crippen LogP contribution in [0.15, 0.2) is 374 Å². The van der Waals surface area contributed by atoms with Crippen LogP contribution in [-0.4, -0.2) is 185 Å². The lowest BCUT2D eigenvalue weighted by Crippen LogP contribution is -2.71. The van der Waals surface area contributed by atoms with E-state index >= 15 is 26.4 Å². The lowest BCUT2D eigenvalue weighted by atomic mass is 9.94. The fourth-order valence-electron chi connectivity index (χ4n) is 16.9. The van der Waals surface area contributed by atoms with E-state index in [0.29, 0.717) is 33.4 Å². The summed E-state index contributed by atoms with van der Waals surface area (Å²) in [4.78, 5) is 30.2. The van der Waals surface area contributed by atoms with Crippen LogP contribution in [0.3, 0.4) is 0 Å². The molecule has 4 heterocycles. The van der Waals surface area contributed by atoms with Gasteiger partial charge in [-0.1, -0.05) is 336 Å². The van der Waals surface area contributed by atoms with Gasteiger partial charge in [0.25, 0.3) is 0 Å². The highest BCUT2D eigenvalue weighted by atomic mass is 32.2. The van der Waals surface area contributed by atoms with Gasteiger partial charge in [0.15, 0.2) is 39.4 Å². The van der Waals surface area contributed by atoms with Gasteiger partial charge in [0, 0.05) is 0 Å². The summed E-state index contributed by atoms with van der Waals surface area (Å²) < 4.78 is 201. The third-order valence-electron chi connectivity index (χ3n) is 25.3. The first-order valence-electron chi connectivity index (χ1n) is 47.3. The maximum atomic E-state index is 16.2. The molecule has 4 aliphatic heterocycles. The third kappa shape index (κ3) is 27.9. The lowest BCUT2D eigenvalue weighted by molar-refractivity contribution is -0.402. The number of hydrogen-bond acceptors (Lipinski definition) is 25. The maximum absolute atomic E-state index is 16.2. The van der Waals surface area contributed by atoms with E-state index < -0.39 is 181 Å². The molecule has 20 atom stereocenters. The van der Waals surface area contributed by atoms with Crippen molar-refractivity contribution in [1.82, 2.24) is 9.44 Å². The molecule has 0 amide bonds. The topological polar surface area (TPSA) is 313 Å². The summed E-state index contributed by atoms with van der Waals surface area (Å²) in [5.74, 6) is -1.68. The Kier molecular flexibility index (Phi) is 36.3. The second-order valence-electron chi connectivity index (χ2n) is 36.4. The van der Waals surface area contributed by atoms with Crippen molar-refractivity contribution in [1.29, 1.82) is 0 Å². The number of nitrogens with one attached hydrogen (secondary N) is 2. The molecule has 0 spiro atoms. The number of esters is 2. The van der Waals surface area contributed by atoms with Gasteiger partial charge in [-0.05, 0) is 111 Å². The van der Waals surface area contributed by atoms with Crippen molar-refractivity contribution in [2.45, 2.75) is 224 Å². The molecule has 740 valence electrons. The quantitative estimate of drug-likeness (QED) is 0.0236. The minimum absolute atomic E-state index is 0.0361. The van der Waals surface area contributed by atoms with Gasteiger partial charge >= 0.3 is 11.9 Å². The fourth-order valence-corrected chi connectivity index (χ4v) is 20.5. The van der Waals surface area contributed by atoms with Crippen LogP contribution in [0.2, 0.25) is 18.1 Å².